The van der Waals surface area contributed by atoms with E-state index in [1.165, 1.54) is 0 Å². The van der Waals surface area contributed by atoms with Gasteiger partial charge in [-0.2, -0.15) is 0 Å². The van der Waals surface area contributed by atoms with Crippen LogP contribution in [-0.2, 0) is 14.4 Å². The number of nitrogens with one attached hydrogen (secondary N) is 4. The molecule has 12 heteroatoms. The van der Waals surface area contributed by atoms with Crippen LogP contribution in [0, 0.1) is 27.6 Å². The zero-order valence-electron chi connectivity index (χ0n) is 30.0. The number of fused-ring (bicyclic) bond motifs is 1. The van der Waals surface area contributed by atoms with Gasteiger partial charge in [0.2, 0.25) is 23.5 Å². The van der Waals surface area contributed by atoms with E-state index in [1.54, 1.807) is 23.4 Å². The van der Waals surface area contributed by atoms with Crippen LogP contribution in [0.15, 0.2) is 29.7 Å². The molecular weight excluding hydrogens is 608 g/mol. The fraction of sp³-hybridized carbons (Fsp3) is 0.722. The molecule has 5 rings (SSSR count). The first-order valence-corrected chi connectivity index (χ1v) is 17.5. The highest BCUT2D eigenvalue weighted by Gasteiger charge is 2.59. The molecular formula is C36H56N8O4. The topological polar surface area (TPSA) is 171 Å². The number of carbonyl (C=O) groups is 4. The molecule has 2 saturated carbocycles. The van der Waals surface area contributed by atoms with Gasteiger partial charge in [-0.05, 0) is 77.7 Å². The van der Waals surface area contributed by atoms with Crippen LogP contribution in [0.4, 0.5) is 10.7 Å². The van der Waals surface area contributed by atoms with E-state index in [2.05, 4.69) is 45.1 Å². The maximum atomic E-state index is 14.7. The van der Waals surface area contributed by atoms with Gasteiger partial charge in [0.25, 0.3) is 0 Å². The Morgan fingerprint density at radius 2 is 1.73 bits per heavy atom. The van der Waals surface area contributed by atoms with Crippen molar-refractivity contribution in [2.75, 3.05) is 18.4 Å². The second-order valence-corrected chi connectivity index (χ2v) is 17.3. The molecule has 1 aromatic rings. The number of urea groups is 1. The number of ketones is 1. The van der Waals surface area contributed by atoms with Crippen molar-refractivity contribution in [3.8, 4) is 0 Å². The summed E-state index contributed by atoms with van der Waals surface area (Å²) in [7, 11) is 0. The number of rotatable bonds is 8. The van der Waals surface area contributed by atoms with Crippen molar-refractivity contribution in [2.24, 2.45) is 33.3 Å². The van der Waals surface area contributed by atoms with E-state index in [1.807, 2.05) is 41.5 Å². The van der Waals surface area contributed by atoms with Gasteiger partial charge in [0, 0.05) is 25.5 Å². The average molecular weight is 665 g/mol. The van der Waals surface area contributed by atoms with Crippen molar-refractivity contribution in [3.63, 3.8) is 0 Å². The van der Waals surface area contributed by atoms with Crippen LogP contribution in [0.25, 0.3) is 0 Å². The fourth-order valence-corrected chi connectivity index (χ4v) is 8.13. The molecule has 3 aliphatic carbocycles. The Morgan fingerprint density at radius 3 is 2.29 bits per heavy atom. The highest BCUT2D eigenvalue weighted by Crippen LogP contribution is 2.59. The van der Waals surface area contributed by atoms with E-state index >= 15 is 0 Å². The maximum Gasteiger partial charge on any atom is 0.315 e. The third-order valence-electron chi connectivity index (χ3n) is 11.7. The number of carbonyl (C=O) groups excluding carboxylic acids is 4. The molecule has 48 heavy (non-hydrogen) atoms. The maximum absolute atomic E-state index is 14.7. The minimum Gasteiger partial charge on any atom is -0.396 e. The number of aromatic nitrogens is 2. The third-order valence-corrected chi connectivity index (χ3v) is 11.7. The highest BCUT2D eigenvalue weighted by molar-refractivity contribution is 6.03. The molecule has 12 nitrogen and oxygen atoms in total. The quantitative estimate of drug-likeness (QED) is 0.279. The summed E-state index contributed by atoms with van der Waals surface area (Å²) in [6, 6.07) is -1.42. The zero-order chi connectivity index (χ0) is 35.2. The second-order valence-electron chi connectivity index (χ2n) is 17.3. The van der Waals surface area contributed by atoms with E-state index < -0.39 is 29.6 Å². The number of amides is 4. The Balaban J connectivity index is 1.35. The number of nitrogens with two attached hydrogens (primary N) is 1. The number of allylic oxidation sites excluding steroid dienone is 1. The molecule has 0 aromatic carbocycles. The fourth-order valence-electron chi connectivity index (χ4n) is 8.13. The molecule has 264 valence electrons. The molecule has 1 spiro atoms. The Labute approximate surface area is 285 Å². The van der Waals surface area contributed by atoms with Crippen LogP contribution < -0.4 is 27.0 Å². The number of Topliss-reactive ketones (excluding diaryl/α,β-unsaturated/α-hetero) is 1. The molecule has 1 saturated heterocycles. The van der Waals surface area contributed by atoms with Gasteiger partial charge < -0.3 is 31.9 Å². The van der Waals surface area contributed by atoms with Gasteiger partial charge in [-0.3, -0.25) is 14.4 Å². The van der Waals surface area contributed by atoms with E-state index in [9.17, 15) is 19.2 Å². The Kier molecular flexibility index (Phi) is 9.62. The van der Waals surface area contributed by atoms with Gasteiger partial charge in [0.1, 0.15) is 12.1 Å². The molecule has 1 aromatic heterocycles. The number of hydrogen-bond donors (Lipinski definition) is 5. The lowest BCUT2D eigenvalue weighted by Crippen LogP contribution is -2.61. The van der Waals surface area contributed by atoms with Crippen LogP contribution in [-0.4, -0.2) is 75.8 Å². The SMILES string of the molecule is CC(C)(C)C(CNc1ncccn1)NC(=O)N[C@H](C(=O)N1C[C@]2(CCCC2(C)C)C[C@H]1C(=O)NC1CC2CCC2=C(N)C1=O)C(C)(C)C. The van der Waals surface area contributed by atoms with Crippen molar-refractivity contribution in [1.29, 1.82) is 0 Å². The monoisotopic (exact) mass is 664 g/mol. The summed E-state index contributed by atoms with van der Waals surface area (Å²) in [5, 5.41) is 12.3. The van der Waals surface area contributed by atoms with Gasteiger partial charge >= 0.3 is 6.03 Å². The van der Waals surface area contributed by atoms with Gasteiger partial charge in [-0.15, -0.1) is 0 Å². The van der Waals surface area contributed by atoms with Crippen LogP contribution in [0.3, 0.4) is 0 Å². The van der Waals surface area contributed by atoms with Crippen molar-refractivity contribution in [1.82, 2.24) is 30.8 Å². The summed E-state index contributed by atoms with van der Waals surface area (Å²) in [5.41, 5.74) is 6.19. The summed E-state index contributed by atoms with van der Waals surface area (Å²) in [4.78, 5) is 65.7. The van der Waals surface area contributed by atoms with Gasteiger partial charge in [0.15, 0.2) is 0 Å². The van der Waals surface area contributed by atoms with Crippen molar-refractivity contribution in [2.45, 2.75) is 125 Å². The predicted molar refractivity (Wildman–Crippen MR) is 184 cm³/mol. The molecule has 4 aliphatic rings. The molecule has 3 unspecified atom stereocenters. The number of nitrogens with zero attached hydrogens (tertiary/aromatic N) is 3. The lowest BCUT2D eigenvalue weighted by atomic mass is 9.66. The van der Waals surface area contributed by atoms with Crippen LogP contribution in [0.2, 0.25) is 0 Å². The zero-order valence-corrected chi connectivity index (χ0v) is 30.0. The minimum absolute atomic E-state index is 0.0767. The van der Waals surface area contributed by atoms with Crippen molar-refractivity contribution < 1.29 is 19.2 Å². The lowest BCUT2D eigenvalue weighted by molar-refractivity contribution is -0.142. The molecule has 1 aliphatic heterocycles. The van der Waals surface area contributed by atoms with Gasteiger partial charge in [0.05, 0.1) is 17.8 Å². The Hall–Kier alpha value is -3.70. The van der Waals surface area contributed by atoms with E-state index in [0.717, 1.165) is 37.7 Å². The minimum atomic E-state index is -0.911. The average Bonchev–Trinajstić information content (AvgIpc) is 3.52. The first-order chi connectivity index (χ1) is 22.3. The highest BCUT2D eigenvalue weighted by atomic mass is 16.2. The predicted octanol–water partition coefficient (Wildman–Crippen LogP) is 3.89. The normalized spacial score (nSPS) is 28.0. The van der Waals surface area contributed by atoms with Gasteiger partial charge in [-0.25, -0.2) is 14.8 Å². The van der Waals surface area contributed by atoms with E-state index in [-0.39, 0.29) is 45.8 Å². The van der Waals surface area contributed by atoms with Crippen LogP contribution >= 0.6 is 0 Å². The molecule has 6 N–H and O–H groups in total. The summed E-state index contributed by atoms with van der Waals surface area (Å²) < 4.78 is 0. The van der Waals surface area contributed by atoms with Crippen molar-refractivity contribution >= 4 is 29.6 Å². The summed E-state index contributed by atoms with van der Waals surface area (Å²) in [5.74, 6) is -0.156. The Morgan fingerprint density at radius 1 is 1.04 bits per heavy atom. The number of likely N-dealkylation sites (tertiary alicyclic amines) is 1. The Bertz CT molecular complexity index is 1450. The van der Waals surface area contributed by atoms with Gasteiger partial charge in [-0.1, -0.05) is 61.8 Å². The third kappa shape index (κ3) is 7.03. The van der Waals surface area contributed by atoms with E-state index in [0.29, 0.717) is 37.6 Å². The van der Waals surface area contributed by atoms with Crippen molar-refractivity contribution in [3.05, 3.63) is 29.7 Å². The standard InChI is InChI=1S/C36H56N8O4/c1-33(2,3)25(19-40-31-38-15-10-16-39-31)42-32(48)43-28(34(4,5)6)30(47)44-20-36(14-9-13-35(36,7)8)18-24(44)29(46)41-23-17-21-11-12-22(21)26(37)27(23)45/h10,15-16,21,23-25,28H,9,11-14,17-20,37H2,1-8H3,(H,41,46)(H,38,39,40)(H2,42,43,48)/t21?,23?,24-,25?,28+,36-/m0/s1. The molecule has 0 bridgehead atoms. The first-order valence-electron chi connectivity index (χ1n) is 17.5. The smallest absolute Gasteiger partial charge is 0.315 e. The van der Waals surface area contributed by atoms with Crippen LogP contribution in [0.1, 0.15) is 100 Å². The molecule has 4 amide bonds. The summed E-state index contributed by atoms with van der Waals surface area (Å²) in [6.45, 7) is 17.1. The molecule has 0 radical (unpaired) electrons. The summed E-state index contributed by atoms with van der Waals surface area (Å²) >= 11 is 0. The molecule has 6 atom stereocenters. The largest absolute Gasteiger partial charge is 0.396 e. The molecule has 3 fully saturated rings. The van der Waals surface area contributed by atoms with E-state index in [4.69, 9.17) is 5.73 Å². The lowest BCUT2D eigenvalue weighted by Gasteiger charge is -2.40. The second kappa shape index (κ2) is 13.0. The molecule has 2 heterocycles. The summed E-state index contributed by atoms with van der Waals surface area (Å²) in [6.07, 6.45) is 9.11. The van der Waals surface area contributed by atoms with Crippen LogP contribution in [0.5, 0.6) is 0 Å². The number of hydrogen-bond acceptors (Lipinski definition) is 8. The first kappa shape index (κ1) is 35.6. The number of anilines is 1.